The van der Waals surface area contributed by atoms with Crippen LogP contribution in [0.4, 0.5) is 11.4 Å². The van der Waals surface area contributed by atoms with Gasteiger partial charge in [-0.2, -0.15) is 0 Å². The number of esters is 1. The summed E-state index contributed by atoms with van der Waals surface area (Å²) in [4.78, 5) is 73.8. The molecular weight excluding hydrogens is 590 g/mol. The largest absolute Gasteiger partial charge is 0.480 e. The van der Waals surface area contributed by atoms with Crippen LogP contribution in [0.15, 0.2) is 22.2 Å². The number of aliphatic carboxylic acids is 1. The van der Waals surface area contributed by atoms with Gasteiger partial charge in [0.1, 0.15) is 29.3 Å². The molecule has 0 spiro atoms. The second-order valence-corrected chi connectivity index (χ2v) is 14.4. The molecule has 3 saturated carbocycles. The van der Waals surface area contributed by atoms with Gasteiger partial charge in [-0.25, -0.2) is 4.79 Å². The number of rotatable bonds is 12. The molecule has 0 saturated heterocycles. The maximum atomic E-state index is 13.5. The highest BCUT2D eigenvalue weighted by molar-refractivity contribution is 8.00. The number of carboxylic acids is 1. The number of primary amides is 1. The summed E-state index contributed by atoms with van der Waals surface area (Å²) < 4.78 is 6.18. The molecule has 3 aliphatic rings. The van der Waals surface area contributed by atoms with Crippen molar-refractivity contribution in [1.82, 2.24) is 0 Å². The van der Waals surface area contributed by atoms with Crippen LogP contribution in [-0.4, -0.2) is 70.1 Å². The lowest BCUT2D eigenvalue weighted by atomic mass is 9.44. The molecule has 1 aromatic rings. The second-order valence-electron chi connectivity index (χ2n) is 13.3. The first-order valence-electron chi connectivity index (χ1n) is 15.0. The Labute approximate surface area is 260 Å². The van der Waals surface area contributed by atoms with E-state index in [0.717, 1.165) is 24.6 Å². The first kappa shape index (κ1) is 33.7. The highest BCUT2D eigenvalue weighted by Gasteiger charge is 2.68. The minimum absolute atomic E-state index is 0.0681. The zero-order valence-electron chi connectivity index (χ0n) is 25.6. The van der Waals surface area contributed by atoms with Gasteiger partial charge in [-0.3, -0.25) is 24.0 Å². The third-order valence-electron chi connectivity index (χ3n) is 11.0. The van der Waals surface area contributed by atoms with Crippen molar-refractivity contribution >= 4 is 46.8 Å². The number of nitrogens with one attached hydrogen (secondary N) is 2. The van der Waals surface area contributed by atoms with Gasteiger partial charge in [0, 0.05) is 28.9 Å². The normalized spacial score (nSPS) is 35.6. The Morgan fingerprint density at radius 3 is 2.43 bits per heavy atom. The molecule has 12 nitrogen and oxygen atoms in total. The molecule has 0 aromatic heterocycles. The minimum Gasteiger partial charge on any atom is -0.480 e. The number of nitrogens with two attached hydrogens (primary N) is 1. The molecule has 0 heterocycles. The summed E-state index contributed by atoms with van der Waals surface area (Å²) in [5.74, 6) is -3.34. The van der Waals surface area contributed by atoms with Gasteiger partial charge in [-0.1, -0.05) is 33.8 Å². The van der Waals surface area contributed by atoms with E-state index in [2.05, 4.69) is 24.1 Å². The van der Waals surface area contributed by atoms with Crippen molar-refractivity contribution in [3.8, 4) is 0 Å². The fourth-order valence-electron chi connectivity index (χ4n) is 8.18. The van der Waals surface area contributed by atoms with E-state index in [-0.39, 0.29) is 52.8 Å². The number of ketones is 1. The van der Waals surface area contributed by atoms with Gasteiger partial charge in [0.25, 0.3) is 10.9 Å². The summed E-state index contributed by atoms with van der Waals surface area (Å²) in [5.41, 5.74) is 0.914. The molecule has 4 rings (SSSR count). The van der Waals surface area contributed by atoms with Crippen LogP contribution in [0.2, 0.25) is 0 Å². The van der Waals surface area contributed by atoms with Crippen molar-refractivity contribution in [2.24, 2.45) is 39.7 Å². The van der Waals surface area contributed by atoms with E-state index in [1.165, 1.54) is 0 Å². The third-order valence-corrected chi connectivity index (χ3v) is 12.1. The van der Waals surface area contributed by atoms with Crippen molar-refractivity contribution < 1.29 is 34.1 Å². The smallest absolute Gasteiger partial charge is 0.326 e. The van der Waals surface area contributed by atoms with Crippen molar-refractivity contribution in [3.63, 3.8) is 0 Å². The molecule has 1 aromatic carbocycles. The lowest BCUT2D eigenvalue weighted by Crippen LogP contribution is -2.63. The van der Waals surface area contributed by atoms with Crippen LogP contribution in [0.3, 0.4) is 0 Å². The lowest BCUT2D eigenvalue weighted by molar-refractivity contribution is -0.205. The Kier molecular flexibility index (Phi) is 9.42. The Bertz CT molecular complexity index is 1420. The fourth-order valence-corrected chi connectivity index (χ4v) is 8.99. The monoisotopic (exact) mass is 633 g/mol. The molecule has 1 amide bonds. The number of aliphatic hydroxyl groups excluding tert-OH is 1. The molecule has 0 aliphatic heterocycles. The van der Waals surface area contributed by atoms with E-state index in [9.17, 15) is 39.0 Å². The van der Waals surface area contributed by atoms with Crippen LogP contribution in [0.25, 0.3) is 0 Å². The molecule has 13 heteroatoms. The Morgan fingerprint density at radius 2 is 1.82 bits per heavy atom. The van der Waals surface area contributed by atoms with E-state index in [1.807, 2.05) is 20.8 Å². The molecule has 6 N–H and O–H groups in total. The molecule has 1 unspecified atom stereocenters. The Balaban J connectivity index is 1.51. The first-order chi connectivity index (χ1) is 20.5. The van der Waals surface area contributed by atoms with Gasteiger partial charge >= 0.3 is 11.9 Å². The number of Topliss-reactive ketones (excluding diaryl/α,β-unsaturated/α-hetero) is 1. The maximum Gasteiger partial charge on any atom is 0.326 e. The van der Waals surface area contributed by atoms with Crippen molar-refractivity contribution in [2.45, 2.75) is 78.0 Å². The zero-order chi connectivity index (χ0) is 32.8. The average molecular weight is 634 g/mol. The summed E-state index contributed by atoms with van der Waals surface area (Å²) in [6, 6.07) is -1.33. The van der Waals surface area contributed by atoms with Crippen LogP contribution < -0.4 is 27.2 Å². The minimum atomic E-state index is -1.33. The van der Waals surface area contributed by atoms with Crippen molar-refractivity contribution in [1.29, 1.82) is 0 Å². The highest BCUT2D eigenvalue weighted by atomic mass is 32.2. The van der Waals surface area contributed by atoms with Crippen LogP contribution in [-0.2, 0) is 23.9 Å². The zero-order valence-corrected chi connectivity index (χ0v) is 26.5. The quantitative estimate of drug-likeness (QED) is 0.127. The van der Waals surface area contributed by atoms with Crippen LogP contribution in [0, 0.1) is 34.0 Å². The molecule has 242 valence electrons. The van der Waals surface area contributed by atoms with Crippen molar-refractivity contribution in [3.05, 3.63) is 33.1 Å². The summed E-state index contributed by atoms with van der Waals surface area (Å²) >= 11 is 0.974. The van der Waals surface area contributed by atoms with E-state index < -0.39 is 69.7 Å². The number of anilines is 2. The number of carboxylic acid groups (broad SMARTS) is 1. The van der Waals surface area contributed by atoms with E-state index in [4.69, 9.17) is 10.5 Å². The van der Waals surface area contributed by atoms with Gasteiger partial charge in [-0.15, -0.1) is 18.3 Å². The number of ether oxygens (including phenoxy) is 1. The topological polar surface area (TPSA) is 202 Å². The summed E-state index contributed by atoms with van der Waals surface area (Å²) in [6.07, 6.45) is 3.29. The third kappa shape index (κ3) is 5.57. The molecule has 9 atom stereocenters. The van der Waals surface area contributed by atoms with Crippen molar-refractivity contribution in [2.75, 3.05) is 28.7 Å². The summed E-state index contributed by atoms with van der Waals surface area (Å²) in [7, 11) is 0. The van der Waals surface area contributed by atoms with E-state index in [1.54, 1.807) is 6.08 Å². The molecule has 44 heavy (non-hydrogen) atoms. The van der Waals surface area contributed by atoms with Gasteiger partial charge in [0.2, 0.25) is 5.91 Å². The van der Waals surface area contributed by atoms with Gasteiger partial charge in [0.15, 0.2) is 0 Å². The number of amides is 1. The number of thioether (sulfide) groups is 1. The number of carbonyl (C=O) groups excluding carboxylic acids is 3. The van der Waals surface area contributed by atoms with Crippen LogP contribution >= 0.6 is 11.8 Å². The van der Waals surface area contributed by atoms with E-state index >= 15 is 0 Å². The number of hydrogen-bond donors (Lipinski definition) is 5. The fraction of sp³-hybridized carbons (Fsp3) is 0.677. The molecule has 2 bridgehead atoms. The van der Waals surface area contributed by atoms with Gasteiger partial charge in [-0.05, 0) is 42.9 Å². The molecule has 3 fully saturated rings. The van der Waals surface area contributed by atoms with Gasteiger partial charge < -0.3 is 31.3 Å². The maximum absolute atomic E-state index is 13.5. The predicted octanol–water partition coefficient (Wildman–Crippen LogP) is 1.68. The van der Waals surface area contributed by atoms with Gasteiger partial charge in [0.05, 0.1) is 18.4 Å². The Hall–Kier alpha value is -3.19. The summed E-state index contributed by atoms with van der Waals surface area (Å²) in [5, 5.41) is 26.3. The highest BCUT2D eigenvalue weighted by Crippen LogP contribution is 2.68. The molecular formula is C31H43N3O9S. The summed E-state index contributed by atoms with van der Waals surface area (Å²) in [6.45, 7) is 11.7. The lowest BCUT2D eigenvalue weighted by Gasteiger charge is -2.61. The molecule has 3 aliphatic carbocycles. The Morgan fingerprint density at radius 1 is 1.16 bits per heavy atom. The molecule has 0 radical (unpaired) electrons. The second kappa shape index (κ2) is 12.3. The average Bonchev–Trinajstić information content (AvgIpc) is 3.33. The standard InChI is InChI=1S/C31H43N3O9S/c1-6-29(4)11-19(30(5)15(2)7-9-31(16(3)27(29)40)10-8-18(35)26(30)31)43-21(37)14-44-13-17(28(41)42)34-23-22(24(38)25(23)39)33-12-20(32)36/h6,15-17,19,26-27,33-34,40H,1,7-14H2,2-5H3,(H2,32,36)(H,41,42)/t15-,16+,17?,19-,26+,27+,29-,30+,31+/m1/s1. The number of hydrogen-bond acceptors (Lipinski definition) is 11. The van der Waals surface area contributed by atoms with Crippen LogP contribution in [0.5, 0.6) is 0 Å². The van der Waals surface area contributed by atoms with E-state index in [0.29, 0.717) is 12.8 Å². The number of carbonyl (C=O) groups is 4. The predicted molar refractivity (Wildman–Crippen MR) is 166 cm³/mol. The SMILES string of the molecule is C=C[C@]1(C)C[C@@H](OC(=O)CSCC(Nc2c(NCC(N)=O)c(=O)c2=O)C(=O)O)[C@]2(C)[C@H](C)CC[C@]3(CCC(=O)[C@H]32)[C@@H](C)[C@@H]1O. The first-order valence-corrected chi connectivity index (χ1v) is 16.1. The van der Waals surface area contributed by atoms with Crippen LogP contribution in [0.1, 0.15) is 59.8 Å². The number of aliphatic hydroxyl groups is 1.